The molecule has 0 radical (unpaired) electrons. The molecule has 48 heavy (non-hydrogen) atoms. The van der Waals surface area contributed by atoms with Crippen LogP contribution in [0.15, 0.2) is 25.3 Å². The van der Waals surface area contributed by atoms with Crippen LogP contribution < -0.4 is 0 Å². The minimum Gasteiger partial charge on any atom is -0.303 e. The minimum atomic E-state index is 0.906. The molecule has 0 amide bonds. The Bertz CT molecular complexity index is 566. The number of nitrogens with zero attached hydrogens (tertiary/aromatic N) is 1. The van der Waals surface area contributed by atoms with E-state index in [1.54, 1.807) is 5.57 Å². The maximum Gasteiger partial charge on any atom is -0.00187 e. The molecule has 0 heterocycles. The highest BCUT2D eigenvalue weighted by atomic mass is 15.1. The van der Waals surface area contributed by atoms with Crippen LogP contribution in [0, 0.1) is 5.92 Å². The van der Waals surface area contributed by atoms with Gasteiger partial charge >= 0.3 is 0 Å². The zero-order valence-electron chi connectivity index (χ0n) is 34.5. The number of hydrogen-bond acceptors (Lipinski definition) is 1. The quantitative estimate of drug-likeness (QED) is 0.0462. The van der Waals surface area contributed by atoms with Crippen LogP contribution in [0.1, 0.15) is 252 Å². The third-order valence-electron chi connectivity index (χ3n) is 10.7. The van der Waals surface area contributed by atoms with Gasteiger partial charge in [0.15, 0.2) is 0 Å². The Morgan fingerprint density at radius 1 is 0.375 bits per heavy atom. The fourth-order valence-corrected chi connectivity index (χ4v) is 7.45. The maximum atomic E-state index is 4.59. The molecule has 0 spiro atoms. The molecule has 0 aromatic heterocycles. The Morgan fingerprint density at radius 3 is 1.02 bits per heavy atom. The first-order valence-electron chi connectivity index (χ1n) is 22.6. The second-order valence-electron chi connectivity index (χ2n) is 15.5. The van der Waals surface area contributed by atoms with E-state index in [0.717, 1.165) is 5.92 Å². The third kappa shape index (κ3) is 39.9. The Hall–Kier alpha value is -0.560. The predicted octanol–water partition coefficient (Wildman–Crippen LogP) is 17.0. The summed E-state index contributed by atoms with van der Waals surface area (Å²) in [5.41, 5.74) is 1.57. The van der Waals surface area contributed by atoms with Crippen molar-refractivity contribution in [1.82, 2.24) is 4.90 Å². The Morgan fingerprint density at radius 2 is 0.646 bits per heavy atom. The van der Waals surface area contributed by atoms with Crippen LogP contribution in [0.3, 0.4) is 0 Å². The van der Waals surface area contributed by atoms with Crippen molar-refractivity contribution in [2.75, 3.05) is 19.6 Å². The van der Waals surface area contributed by atoms with E-state index in [-0.39, 0.29) is 0 Å². The van der Waals surface area contributed by atoms with Gasteiger partial charge in [-0.2, -0.15) is 0 Å². The third-order valence-corrected chi connectivity index (χ3v) is 10.7. The Balaban J connectivity index is 0. The number of allylic oxidation sites excluding steroid dienone is 1. The summed E-state index contributed by atoms with van der Waals surface area (Å²) in [5, 5.41) is 0. The summed E-state index contributed by atoms with van der Waals surface area (Å²) in [4.78, 5) is 2.82. The Kier molecular flexibility index (Phi) is 45.9. The van der Waals surface area contributed by atoms with Crippen molar-refractivity contribution < 1.29 is 0 Å². The first-order valence-corrected chi connectivity index (χ1v) is 22.6. The standard InChI is InChI=1S/C45H91N.C2H4/c1-6-10-14-17-20-21-22-23-24-29-35-41-46(40-34-13-9-4)42-36-30-25-26-31-37-44(5)43-45(38-32-27-18-15-11-7-2)39-33-28-19-16-12-8-3;1-2/h45H,5-43H2,1-4H3;1-2H2. The van der Waals surface area contributed by atoms with Gasteiger partial charge in [-0.05, 0) is 64.1 Å². The lowest BCUT2D eigenvalue weighted by Crippen LogP contribution is -2.27. The van der Waals surface area contributed by atoms with Crippen molar-refractivity contribution in [3.63, 3.8) is 0 Å². The van der Waals surface area contributed by atoms with Gasteiger partial charge in [0.2, 0.25) is 0 Å². The van der Waals surface area contributed by atoms with Crippen LogP contribution in [-0.4, -0.2) is 24.5 Å². The normalized spacial score (nSPS) is 11.4. The van der Waals surface area contributed by atoms with Gasteiger partial charge in [0.05, 0.1) is 0 Å². The van der Waals surface area contributed by atoms with Gasteiger partial charge in [0, 0.05) is 0 Å². The second-order valence-corrected chi connectivity index (χ2v) is 15.5. The van der Waals surface area contributed by atoms with Gasteiger partial charge < -0.3 is 4.90 Å². The summed E-state index contributed by atoms with van der Waals surface area (Å²) in [7, 11) is 0. The zero-order valence-corrected chi connectivity index (χ0v) is 34.5. The number of unbranched alkanes of at least 4 members (excludes halogenated alkanes) is 26. The molecule has 0 bridgehead atoms. The van der Waals surface area contributed by atoms with Gasteiger partial charge in [-0.3, -0.25) is 0 Å². The highest BCUT2D eigenvalue weighted by molar-refractivity contribution is 4.95. The highest BCUT2D eigenvalue weighted by Gasteiger charge is 2.11. The average molecular weight is 674 g/mol. The molecule has 0 aliphatic heterocycles. The minimum absolute atomic E-state index is 0.906. The fraction of sp³-hybridized carbons (Fsp3) is 0.915. The van der Waals surface area contributed by atoms with Gasteiger partial charge in [-0.25, -0.2) is 0 Å². The van der Waals surface area contributed by atoms with Crippen molar-refractivity contribution in [3.05, 3.63) is 25.3 Å². The number of rotatable bonds is 40. The molecule has 0 fully saturated rings. The van der Waals surface area contributed by atoms with Crippen LogP contribution >= 0.6 is 0 Å². The van der Waals surface area contributed by atoms with Crippen molar-refractivity contribution in [2.45, 2.75) is 252 Å². The molecule has 0 aliphatic rings. The molecule has 0 N–H and O–H groups in total. The summed E-state index contributed by atoms with van der Waals surface area (Å²) in [6.45, 7) is 23.9. The molecule has 0 aliphatic carbocycles. The van der Waals surface area contributed by atoms with Gasteiger partial charge in [0.1, 0.15) is 0 Å². The molecule has 0 saturated heterocycles. The van der Waals surface area contributed by atoms with Gasteiger partial charge in [-0.15, -0.1) is 13.2 Å². The topological polar surface area (TPSA) is 3.24 Å². The van der Waals surface area contributed by atoms with E-state index < -0.39 is 0 Å². The van der Waals surface area contributed by atoms with Gasteiger partial charge in [-0.1, -0.05) is 226 Å². The van der Waals surface area contributed by atoms with E-state index in [2.05, 4.69) is 52.3 Å². The molecule has 0 aromatic carbocycles. The van der Waals surface area contributed by atoms with E-state index >= 15 is 0 Å². The molecule has 0 rings (SSSR count). The average Bonchev–Trinajstić information content (AvgIpc) is 3.10. The van der Waals surface area contributed by atoms with E-state index in [0.29, 0.717) is 0 Å². The molecule has 0 unspecified atom stereocenters. The summed E-state index contributed by atoms with van der Waals surface area (Å²) in [6.07, 6.45) is 49.8. The van der Waals surface area contributed by atoms with Gasteiger partial charge in [0.25, 0.3) is 0 Å². The number of hydrogen-bond donors (Lipinski definition) is 0. The van der Waals surface area contributed by atoms with E-state index in [4.69, 9.17) is 0 Å². The summed E-state index contributed by atoms with van der Waals surface area (Å²) in [5.74, 6) is 0.906. The smallest absolute Gasteiger partial charge is 0.00187 e. The van der Waals surface area contributed by atoms with E-state index in [1.807, 2.05) is 0 Å². The lowest BCUT2D eigenvalue weighted by atomic mass is 9.87. The van der Waals surface area contributed by atoms with E-state index in [9.17, 15) is 0 Å². The summed E-state index contributed by atoms with van der Waals surface area (Å²) >= 11 is 0. The molecular weight excluding hydrogens is 579 g/mol. The lowest BCUT2D eigenvalue weighted by molar-refractivity contribution is 0.255. The fourth-order valence-electron chi connectivity index (χ4n) is 7.45. The van der Waals surface area contributed by atoms with E-state index in [1.165, 1.54) is 244 Å². The molecule has 0 saturated carbocycles. The monoisotopic (exact) mass is 674 g/mol. The van der Waals surface area contributed by atoms with Crippen molar-refractivity contribution in [1.29, 1.82) is 0 Å². The second kappa shape index (κ2) is 44.5. The van der Waals surface area contributed by atoms with Crippen molar-refractivity contribution >= 4 is 0 Å². The lowest BCUT2D eigenvalue weighted by Gasteiger charge is -2.22. The summed E-state index contributed by atoms with van der Waals surface area (Å²) in [6, 6.07) is 0. The van der Waals surface area contributed by atoms with Crippen molar-refractivity contribution in [2.24, 2.45) is 5.92 Å². The molecule has 1 heteroatoms. The zero-order chi connectivity index (χ0) is 35.6. The molecule has 0 aromatic rings. The first kappa shape index (κ1) is 49.6. The van der Waals surface area contributed by atoms with Crippen LogP contribution in [0.5, 0.6) is 0 Å². The highest BCUT2D eigenvalue weighted by Crippen LogP contribution is 2.27. The molecule has 288 valence electrons. The molecular formula is C47H95N. The SMILES string of the molecule is C=C.C=C(CCCCCCCN(CCCCC)CCCCCCCCCCCCC)CC(CCCCCCCC)CCCCCCCC. The van der Waals surface area contributed by atoms with Crippen LogP contribution in [0.2, 0.25) is 0 Å². The first-order chi connectivity index (χ1) is 23.7. The Labute approximate surface area is 307 Å². The molecule has 1 nitrogen and oxygen atoms in total. The predicted molar refractivity (Wildman–Crippen MR) is 225 cm³/mol. The molecule has 0 atom stereocenters. The van der Waals surface area contributed by atoms with Crippen LogP contribution in [0.25, 0.3) is 0 Å². The largest absolute Gasteiger partial charge is 0.303 e. The summed E-state index contributed by atoms with van der Waals surface area (Å²) < 4.78 is 0. The van der Waals surface area contributed by atoms with Crippen LogP contribution in [0.4, 0.5) is 0 Å². The maximum absolute atomic E-state index is 4.59. The van der Waals surface area contributed by atoms with Crippen LogP contribution in [-0.2, 0) is 0 Å². The van der Waals surface area contributed by atoms with Crippen molar-refractivity contribution in [3.8, 4) is 0 Å².